The van der Waals surface area contributed by atoms with E-state index in [4.69, 9.17) is 37.4 Å². The first-order chi connectivity index (χ1) is 39.3. The number of nitrogens with one attached hydrogen (secondary N) is 2. The number of anilines is 1. The van der Waals surface area contributed by atoms with Crippen LogP contribution in [0.5, 0.6) is 11.8 Å². The lowest BCUT2D eigenvalue weighted by atomic mass is 9.89. The Kier molecular flexibility index (Phi) is 21.2. The molecule has 7 N–H and O–H groups in total. The topological polar surface area (TPSA) is 278 Å². The highest BCUT2D eigenvalue weighted by Crippen LogP contribution is 2.39. The maximum absolute atomic E-state index is 13.4. The molecule has 10 rings (SSSR count). The van der Waals surface area contributed by atoms with Crippen LogP contribution in [0.25, 0.3) is 20.4 Å². The molecule has 4 saturated heterocycles. The van der Waals surface area contributed by atoms with Crippen molar-refractivity contribution in [2.24, 2.45) is 23.3 Å². The van der Waals surface area contributed by atoms with Gasteiger partial charge in [-0.3, -0.25) is 28.4 Å². The summed E-state index contributed by atoms with van der Waals surface area (Å²) in [5.41, 5.74) is 15.5. The summed E-state index contributed by atoms with van der Waals surface area (Å²) < 4.78 is 27.8. The number of nitrogens with two attached hydrogens (primary N) is 2. The zero-order valence-electron chi connectivity index (χ0n) is 47.7. The third kappa shape index (κ3) is 15.9. The highest BCUT2D eigenvalue weighted by Gasteiger charge is 2.35. The molecule has 81 heavy (non-hydrogen) atoms. The minimum absolute atomic E-state index is 0.00295. The van der Waals surface area contributed by atoms with Gasteiger partial charge in [-0.05, 0) is 163 Å². The number of nitrogens with zero attached hydrogens (tertiary/aromatic N) is 7. The number of aliphatic carboxylic acids is 1. The Morgan fingerprint density at radius 1 is 0.741 bits per heavy atom. The van der Waals surface area contributed by atoms with Crippen molar-refractivity contribution in [1.82, 2.24) is 40.0 Å². The van der Waals surface area contributed by atoms with Crippen LogP contribution >= 0.6 is 22.7 Å². The summed E-state index contributed by atoms with van der Waals surface area (Å²) in [6.45, 7) is 10.6. The maximum atomic E-state index is 13.4. The van der Waals surface area contributed by atoms with Crippen LogP contribution in [0.2, 0.25) is 0 Å². The average Bonchev–Trinajstić information content (AvgIpc) is 4.27. The van der Waals surface area contributed by atoms with Crippen molar-refractivity contribution in [3.8, 4) is 11.8 Å². The minimum Gasteiger partial charge on any atom is -0.480 e. The number of halogens is 1. The van der Waals surface area contributed by atoms with Crippen LogP contribution in [-0.4, -0.2) is 150 Å². The van der Waals surface area contributed by atoms with Gasteiger partial charge in [0.15, 0.2) is 0 Å². The number of rotatable bonds is 12. The minimum atomic E-state index is -1.54. The van der Waals surface area contributed by atoms with Gasteiger partial charge in [0.2, 0.25) is 17.5 Å². The number of ketones is 1. The molecular formula is C58H74FN11O9S2. The van der Waals surface area contributed by atoms with Crippen molar-refractivity contribution in [3.63, 3.8) is 0 Å². The van der Waals surface area contributed by atoms with Gasteiger partial charge in [0.1, 0.15) is 11.1 Å². The molecule has 6 aromatic rings. The maximum Gasteiger partial charge on any atom is 0.372 e. The number of methoxy groups -OCH3 is 2. The number of Topliss-reactive ketones (excluding diaryl/α,β-unsaturated/α-hetero) is 1. The van der Waals surface area contributed by atoms with E-state index in [0.29, 0.717) is 24.4 Å². The summed E-state index contributed by atoms with van der Waals surface area (Å²) in [6.07, 6.45) is 11.3. The van der Waals surface area contributed by atoms with E-state index in [1.807, 2.05) is 11.3 Å². The first-order valence-electron chi connectivity index (χ1n) is 27.8. The van der Waals surface area contributed by atoms with Crippen molar-refractivity contribution in [2.75, 3.05) is 80.1 Å². The number of hydrogen-bond donors (Lipinski definition) is 5. The molecule has 434 valence electrons. The Hall–Kier alpha value is -7.05. The number of piperidine rings is 4. The van der Waals surface area contributed by atoms with E-state index >= 15 is 0 Å². The number of likely N-dealkylation sites (tertiary alicyclic amines) is 3. The summed E-state index contributed by atoms with van der Waals surface area (Å²) in [4.78, 5) is 94.8. The van der Waals surface area contributed by atoms with Crippen LogP contribution in [0.3, 0.4) is 0 Å². The molecular weight excluding hydrogens is 1080 g/mol. The van der Waals surface area contributed by atoms with Gasteiger partial charge in [-0.2, -0.15) is 0 Å². The predicted molar refractivity (Wildman–Crippen MR) is 311 cm³/mol. The summed E-state index contributed by atoms with van der Waals surface area (Å²) in [5.74, 6) is -3.16. The number of carboxylic acids is 1. The standard InChI is InChI=1S/C28H34N6O4S.C19H27N3S.C10H10N2O5.CH3F/c1-16-4-6-22(18-5-7-23-21(12-18)32-27(39-23)17-8-10-33(2)11-9-17)34(15-16)28(37)25(36)31-19-13-20(24(29)35)26(38-3)30-14-19;1-13-3-5-16(20-12-13)15-4-6-18-17(11-15)21-19(23-18)14-7-9-22(2)10-8-14;1-17-9-6(8(11)14)2-5(4-12-9)3-7(13)10(15)16;1-2/h5,7,12-14,16-17,22H,4,6,8-11,15H2,1-3H3,(H2,29,35)(H,31,36);4,6,11,13-14,16,20H,3,5,7-10,12H2,1-2H3;2,4H,3H2,1H3,(H2,11,14)(H,15,16);1H3/t16-,22+;13-,16+;;/m00../s1/i;;;1D. The number of carboxylic acid groups (broad SMARTS) is 1. The van der Waals surface area contributed by atoms with E-state index in [9.17, 15) is 33.2 Å². The van der Waals surface area contributed by atoms with E-state index in [-0.39, 0.29) is 52.5 Å². The molecule has 4 aromatic heterocycles. The lowest BCUT2D eigenvalue weighted by Crippen LogP contribution is -2.46. The number of fused-ring (bicyclic) bond motifs is 2. The number of aromatic nitrogens is 4. The quantitative estimate of drug-likeness (QED) is 0.0735. The zero-order valence-corrected chi connectivity index (χ0v) is 48.4. The molecule has 0 saturated carbocycles. The Morgan fingerprint density at radius 2 is 1.26 bits per heavy atom. The second-order valence-corrected chi connectivity index (χ2v) is 23.4. The Labute approximate surface area is 480 Å². The largest absolute Gasteiger partial charge is 0.480 e. The van der Waals surface area contributed by atoms with Crippen molar-refractivity contribution < 1.29 is 49.1 Å². The van der Waals surface area contributed by atoms with E-state index in [1.54, 1.807) is 16.2 Å². The van der Waals surface area contributed by atoms with Crippen LogP contribution in [0.4, 0.5) is 10.1 Å². The molecule has 20 nitrogen and oxygen atoms in total. The molecule has 4 fully saturated rings. The number of pyridine rings is 2. The van der Waals surface area contributed by atoms with Gasteiger partial charge >= 0.3 is 17.8 Å². The van der Waals surface area contributed by atoms with E-state index in [1.165, 1.54) is 103 Å². The number of alkyl halides is 1. The molecule has 2 aromatic carbocycles. The monoisotopic (exact) mass is 1150 g/mol. The fourth-order valence-electron chi connectivity index (χ4n) is 10.6. The zero-order chi connectivity index (χ0) is 59.2. The van der Waals surface area contributed by atoms with Gasteiger partial charge in [0, 0.05) is 37.0 Å². The van der Waals surface area contributed by atoms with Gasteiger partial charge < -0.3 is 51.4 Å². The molecule has 0 aliphatic carbocycles. The van der Waals surface area contributed by atoms with E-state index in [0.717, 1.165) is 67.0 Å². The molecule has 4 amide bonds. The molecule has 4 aliphatic rings. The number of thiazole rings is 2. The van der Waals surface area contributed by atoms with Gasteiger partial charge in [-0.15, -0.1) is 22.7 Å². The smallest absolute Gasteiger partial charge is 0.372 e. The molecule has 0 spiro atoms. The summed E-state index contributed by atoms with van der Waals surface area (Å²) in [6, 6.07) is 16.1. The third-order valence-corrected chi connectivity index (χ3v) is 17.6. The van der Waals surface area contributed by atoms with Crippen LogP contribution in [0.15, 0.2) is 60.9 Å². The van der Waals surface area contributed by atoms with Crippen molar-refractivity contribution >= 4 is 84.2 Å². The number of primary amides is 2. The second-order valence-electron chi connectivity index (χ2n) is 21.3. The van der Waals surface area contributed by atoms with Gasteiger partial charge in [0.05, 0.1) is 71.1 Å². The van der Waals surface area contributed by atoms with Crippen molar-refractivity contribution in [3.05, 3.63) is 98.8 Å². The fraction of sp³-hybridized carbons (Fsp3) is 0.483. The van der Waals surface area contributed by atoms with Gasteiger partial charge in [0.25, 0.3) is 11.8 Å². The number of ether oxygens (including phenoxy) is 2. The molecule has 4 atom stereocenters. The number of hydrogen-bond acceptors (Lipinski definition) is 17. The Morgan fingerprint density at radius 3 is 1.78 bits per heavy atom. The highest BCUT2D eigenvalue weighted by molar-refractivity contribution is 7.19. The number of carbonyl (C=O) groups excluding carboxylic acids is 5. The van der Waals surface area contributed by atoms with Crippen LogP contribution in [-0.2, 0) is 25.6 Å². The number of benzene rings is 2. The third-order valence-electron chi connectivity index (χ3n) is 15.3. The molecule has 8 heterocycles. The lowest BCUT2D eigenvalue weighted by Gasteiger charge is -2.38. The first kappa shape index (κ1) is 60.1. The van der Waals surface area contributed by atoms with E-state index < -0.39 is 42.5 Å². The summed E-state index contributed by atoms with van der Waals surface area (Å²) in [7, 11) is 6.06. The van der Waals surface area contributed by atoms with Gasteiger partial charge in [-0.25, -0.2) is 24.7 Å². The fourth-order valence-corrected chi connectivity index (χ4v) is 12.8. The van der Waals surface area contributed by atoms with Crippen LogP contribution < -0.4 is 31.6 Å². The lowest BCUT2D eigenvalue weighted by molar-refractivity contribution is -0.148. The molecule has 0 radical (unpaired) electrons. The van der Waals surface area contributed by atoms with Crippen LogP contribution in [0, 0.1) is 11.8 Å². The first-order valence-corrected chi connectivity index (χ1v) is 28.7. The second kappa shape index (κ2) is 28.6. The Balaban J connectivity index is 0.000000190. The Bertz CT molecular complexity index is 3190. The predicted octanol–water partition coefficient (Wildman–Crippen LogP) is 7.68. The van der Waals surface area contributed by atoms with Crippen LogP contribution in [0.1, 0.15) is 138 Å². The number of amides is 4. The normalized spacial score (nSPS) is 20.0. The average molecular weight is 1150 g/mol. The molecule has 23 heteroatoms. The molecule has 4 aliphatic heterocycles. The molecule has 0 bridgehead atoms. The van der Waals surface area contributed by atoms with Crippen molar-refractivity contribution in [2.45, 2.75) is 95.6 Å². The van der Waals surface area contributed by atoms with E-state index in [2.05, 4.69) is 94.7 Å². The summed E-state index contributed by atoms with van der Waals surface area (Å²) in [5, 5.41) is 17.2. The van der Waals surface area contributed by atoms with Crippen molar-refractivity contribution in [1.29, 1.82) is 0 Å². The molecule has 0 unspecified atom stereocenters. The highest BCUT2D eigenvalue weighted by atomic mass is 32.1. The summed E-state index contributed by atoms with van der Waals surface area (Å²) >= 11 is 3.67. The number of carbonyl (C=O) groups is 6. The SMILES string of the molecule is COc1ncc(CC(=O)C(=O)O)cc1C(N)=O.COc1ncc(NC(=O)C(=O)N2C[C@@H](C)CC[C@@H]2c2ccc3sc(C4CCN(C)CC4)nc3c2)cc1C(N)=O.C[C@H]1CC[C@H](c2ccc3sc(C4CCN(C)CC4)nc3c2)NC1.[2H]CF. The van der Waals surface area contributed by atoms with Gasteiger partial charge in [-0.1, -0.05) is 26.0 Å².